The standard InChI is InChI=1S/C34H35FN2O7.C33H35FN2O5.Ca.2H/c1-20(2)30-29(32(40)36-24-11-7-4-8-12-24)27(21-9-5-3-6-10-21)31(22-13-15-23(35)16-14-22)37(30)18-17-25(38)19-26(39)28(33(41)42)34(43)44;1-21(2)31-30(33(41)35-25-11-7-4-8-12-25)29(22-9-5-3-6-10-22)32(23-13-15-24(34)16-14-23)36(31)18-17-26(37)19-27(38)20-28(39)40;;;/h3-16,20,25-26,28,38-39H,17-19H2,1-2H3,(H,36,40)(H,41,42)(H,43,44);3-16,21,26-27,37-38H,17-20H2,1-2H3,(H,35,41)(H,39,40);;;/t25-,26-;26-,27-;;;/m11.../s1. The summed E-state index contributed by atoms with van der Waals surface area (Å²) in [5.41, 5.74) is 9.01. The van der Waals surface area contributed by atoms with Crippen molar-refractivity contribution in [2.75, 3.05) is 10.6 Å². The number of halogens is 2. The first-order chi connectivity index (χ1) is 40.6. The quantitative estimate of drug-likeness (QED) is 0.0191. The van der Waals surface area contributed by atoms with Gasteiger partial charge in [0.1, 0.15) is 11.6 Å². The normalized spacial score (nSPS) is 12.6. The van der Waals surface area contributed by atoms with Crippen LogP contribution in [0.4, 0.5) is 20.2 Å². The predicted octanol–water partition coefficient (Wildman–Crippen LogP) is 11.0. The number of anilines is 2. The number of hydrogen-bond donors (Lipinski definition) is 9. The van der Waals surface area contributed by atoms with Gasteiger partial charge in [-0.1, -0.05) is 125 Å². The zero-order valence-corrected chi connectivity index (χ0v) is 47.5. The number of aromatic nitrogens is 2. The molecule has 2 heterocycles. The number of nitrogens with one attached hydrogen (secondary N) is 2. The van der Waals surface area contributed by atoms with Gasteiger partial charge in [-0.15, -0.1) is 0 Å². The summed E-state index contributed by atoms with van der Waals surface area (Å²) >= 11 is 0. The molecule has 8 rings (SSSR count). The van der Waals surface area contributed by atoms with Crippen molar-refractivity contribution in [2.24, 2.45) is 5.92 Å². The van der Waals surface area contributed by atoms with Crippen LogP contribution in [0, 0.1) is 17.6 Å². The van der Waals surface area contributed by atoms with E-state index in [4.69, 9.17) is 5.11 Å². The van der Waals surface area contributed by atoms with Gasteiger partial charge in [-0.3, -0.25) is 24.0 Å². The predicted molar refractivity (Wildman–Crippen MR) is 330 cm³/mol. The van der Waals surface area contributed by atoms with Crippen LogP contribution < -0.4 is 10.6 Å². The summed E-state index contributed by atoms with van der Waals surface area (Å²) in [6.45, 7) is 8.23. The fourth-order valence-electron chi connectivity index (χ4n) is 10.7. The summed E-state index contributed by atoms with van der Waals surface area (Å²) in [6, 6.07) is 48.9. The number of aliphatic hydroxyl groups is 4. The summed E-state index contributed by atoms with van der Waals surface area (Å²) in [5, 5.41) is 75.4. The molecule has 2 aromatic heterocycles. The van der Waals surface area contributed by atoms with Crippen LogP contribution in [0.1, 0.15) is 104 Å². The summed E-state index contributed by atoms with van der Waals surface area (Å²) in [5.74, 6) is -8.42. The summed E-state index contributed by atoms with van der Waals surface area (Å²) in [6.07, 6.45) is -6.08. The molecule has 0 unspecified atom stereocenters. The van der Waals surface area contributed by atoms with Gasteiger partial charge in [-0.05, 0) is 126 Å². The van der Waals surface area contributed by atoms with Gasteiger partial charge >= 0.3 is 55.6 Å². The van der Waals surface area contributed by atoms with Gasteiger partial charge in [0.15, 0.2) is 5.92 Å². The number of carboxylic acid groups (broad SMARTS) is 3. The van der Waals surface area contributed by atoms with Crippen LogP contribution in [0.25, 0.3) is 44.8 Å². The van der Waals surface area contributed by atoms with Crippen molar-refractivity contribution in [3.8, 4) is 44.8 Å². The Kier molecular flexibility index (Phi) is 24.7. The molecule has 448 valence electrons. The van der Waals surface area contributed by atoms with E-state index < -0.39 is 66.9 Å². The average Bonchev–Trinajstić information content (AvgIpc) is 1.63. The minimum atomic E-state index is -2.09. The number of para-hydroxylation sites is 2. The van der Waals surface area contributed by atoms with Crippen LogP contribution in [-0.2, 0) is 27.5 Å². The Balaban J connectivity index is 0.000000273. The first kappa shape index (κ1) is 67.3. The number of benzene rings is 6. The molecule has 0 saturated heterocycles. The van der Waals surface area contributed by atoms with Gasteiger partial charge < -0.3 is 55.5 Å². The molecule has 9 N–H and O–H groups in total. The molecule has 4 atom stereocenters. The topological polar surface area (TPSA) is 261 Å². The van der Waals surface area contributed by atoms with E-state index in [1.165, 1.54) is 24.3 Å². The molecule has 19 heteroatoms. The van der Waals surface area contributed by atoms with Gasteiger partial charge in [0.25, 0.3) is 11.8 Å². The zero-order valence-electron chi connectivity index (χ0n) is 47.5. The van der Waals surface area contributed by atoms with E-state index in [2.05, 4.69) is 10.6 Å². The summed E-state index contributed by atoms with van der Waals surface area (Å²) in [4.78, 5) is 61.9. The molecule has 0 aliphatic rings. The molecule has 0 radical (unpaired) electrons. The fraction of sp³-hybridized carbons (Fsp3) is 0.269. The van der Waals surface area contributed by atoms with Gasteiger partial charge in [0.2, 0.25) is 0 Å². The number of carbonyl (C=O) groups is 5. The van der Waals surface area contributed by atoms with E-state index in [1.807, 2.05) is 134 Å². The Bertz CT molecular complexity index is 3530. The van der Waals surface area contributed by atoms with Gasteiger partial charge in [-0.2, -0.15) is 0 Å². The third-order valence-corrected chi connectivity index (χ3v) is 14.3. The molecule has 0 bridgehead atoms. The van der Waals surface area contributed by atoms with Crippen molar-refractivity contribution in [1.82, 2.24) is 9.13 Å². The van der Waals surface area contributed by atoms with Crippen LogP contribution in [0.2, 0.25) is 0 Å². The molecule has 0 fully saturated rings. The van der Waals surface area contributed by atoms with Gasteiger partial charge in [-0.25, -0.2) is 8.78 Å². The molecule has 8 aromatic rings. The molecule has 6 aromatic carbocycles. The number of amides is 2. The third kappa shape index (κ3) is 17.2. The van der Waals surface area contributed by atoms with Crippen molar-refractivity contribution < 1.29 is 68.5 Å². The SMILES string of the molecule is CC(C)c1c(C(=O)Nc2ccccc2)c(-c2ccccc2)c(-c2ccc(F)cc2)n1CC[C@@H](O)C[C@@H](O)C(C(=O)O)C(=O)O.CC(C)c1c(C(=O)Nc2ccccc2)c(-c2ccccc2)c(-c2ccc(F)cc2)n1CC[C@@H](O)C[C@@H](O)CC(=O)O.[CaH2]. The Morgan fingerprint density at radius 3 is 1.12 bits per heavy atom. The summed E-state index contributed by atoms with van der Waals surface area (Å²) < 4.78 is 31.9. The maximum absolute atomic E-state index is 14.1. The molecular formula is C67H72CaF2N4O12. The number of nitrogens with zero attached hydrogens (tertiary/aromatic N) is 2. The molecule has 16 nitrogen and oxygen atoms in total. The number of carbonyl (C=O) groups excluding carboxylic acids is 2. The van der Waals surface area contributed by atoms with Crippen molar-refractivity contribution in [3.63, 3.8) is 0 Å². The van der Waals surface area contributed by atoms with Gasteiger partial charge in [0, 0.05) is 53.4 Å². The first-order valence-corrected chi connectivity index (χ1v) is 27.9. The van der Waals surface area contributed by atoms with E-state index in [0.29, 0.717) is 61.8 Å². The minimum absolute atomic E-state index is 0. The molecule has 86 heavy (non-hydrogen) atoms. The Morgan fingerprint density at radius 1 is 0.453 bits per heavy atom. The number of aliphatic carboxylic acids is 3. The molecule has 2 amide bonds. The van der Waals surface area contributed by atoms with Crippen LogP contribution in [-0.4, -0.2) is 137 Å². The zero-order chi connectivity index (χ0) is 61.5. The number of carboxylic acids is 3. The first-order valence-electron chi connectivity index (χ1n) is 27.9. The number of aliphatic hydroxyl groups excluding tert-OH is 4. The molecule has 0 saturated carbocycles. The van der Waals surface area contributed by atoms with E-state index in [0.717, 1.165) is 16.8 Å². The van der Waals surface area contributed by atoms with Gasteiger partial charge in [0.05, 0.1) is 53.4 Å². The van der Waals surface area contributed by atoms with Crippen LogP contribution in [0.15, 0.2) is 170 Å². The number of hydrogen-bond acceptors (Lipinski definition) is 9. The number of rotatable bonds is 25. The second-order valence-electron chi connectivity index (χ2n) is 21.3. The van der Waals surface area contributed by atoms with Crippen LogP contribution in [0.5, 0.6) is 0 Å². The van der Waals surface area contributed by atoms with Crippen molar-refractivity contribution >= 4 is 78.8 Å². The molecule has 0 aliphatic carbocycles. The van der Waals surface area contributed by atoms with Crippen molar-refractivity contribution in [1.29, 1.82) is 0 Å². The van der Waals surface area contributed by atoms with E-state index in [1.54, 1.807) is 48.5 Å². The maximum atomic E-state index is 14.1. The average molecular weight is 1200 g/mol. The molecule has 0 spiro atoms. The second kappa shape index (κ2) is 31.5. The van der Waals surface area contributed by atoms with Crippen LogP contribution >= 0.6 is 0 Å². The monoisotopic (exact) mass is 1200 g/mol. The van der Waals surface area contributed by atoms with E-state index in [-0.39, 0.29) is 99.6 Å². The Hall–Kier alpha value is -7.81. The summed E-state index contributed by atoms with van der Waals surface area (Å²) in [7, 11) is 0. The molecular weight excluding hydrogens is 1130 g/mol. The van der Waals surface area contributed by atoms with Crippen LogP contribution in [0.3, 0.4) is 0 Å². The third-order valence-electron chi connectivity index (χ3n) is 14.3. The fourth-order valence-corrected chi connectivity index (χ4v) is 10.7. The van der Waals surface area contributed by atoms with E-state index in [9.17, 15) is 63.4 Å². The van der Waals surface area contributed by atoms with Crippen molar-refractivity contribution in [3.05, 3.63) is 204 Å². The Labute approximate surface area is 527 Å². The molecule has 0 aliphatic heterocycles. The van der Waals surface area contributed by atoms with Crippen molar-refractivity contribution in [2.45, 2.75) is 109 Å². The van der Waals surface area contributed by atoms with E-state index >= 15 is 0 Å². The second-order valence-corrected chi connectivity index (χ2v) is 21.3. The Morgan fingerprint density at radius 2 is 0.791 bits per heavy atom.